The summed E-state index contributed by atoms with van der Waals surface area (Å²) < 4.78 is 5.29. The van der Waals surface area contributed by atoms with E-state index < -0.39 is 0 Å². The van der Waals surface area contributed by atoms with Gasteiger partial charge < -0.3 is 15.2 Å². The van der Waals surface area contributed by atoms with Gasteiger partial charge in [-0.2, -0.15) is 0 Å². The van der Waals surface area contributed by atoms with Gasteiger partial charge in [0, 0.05) is 24.7 Å². The highest BCUT2D eigenvalue weighted by atomic mass is 35.5. The highest BCUT2D eigenvalue weighted by Crippen LogP contribution is 2.15. The average molecular weight is 321 g/mol. The number of guanidine groups is 1. The molecule has 6 heteroatoms. The molecular weight excluding hydrogens is 300 g/mol. The third-order valence-corrected chi connectivity index (χ3v) is 3.60. The molecule has 1 heterocycles. The van der Waals surface area contributed by atoms with E-state index in [0.29, 0.717) is 25.0 Å². The number of hydrogen-bond donors (Lipinski definition) is 2. The van der Waals surface area contributed by atoms with Gasteiger partial charge in [-0.05, 0) is 17.5 Å². The lowest BCUT2D eigenvalue weighted by atomic mass is 10.1. The molecule has 0 radical (unpaired) electrons. The van der Waals surface area contributed by atoms with E-state index in [2.05, 4.69) is 34.6 Å². The lowest BCUT2D eigenvalue weighted by Crippen LogP contribution is -2.36. The van der Waals surface area contributed by atoms with E-state index in [1.165, 1.54) is 0 Å². The molecule has 0 unspecified atom stereocenters. The van der Waals surface area contributed by atoms with E-state index in [4.69, 9.17) is 16.1 Å². The van der Waals surface area contributed by atoms with Gasteiger partial charge >= 0.3 is 0 Å². The maximum absolute atomic E-state index is 6.13. The van der Waals surface area contributed by atoms with Gasteiger partial charge in [-0.15, -0.1) is 0 Å². The molecule has 22 heavy (non-hydrogen) atoms. The van der Waals surface area contributed by atoms with Crippen molar-refractivity contribution in [3.05, 3.63) is 52.4 Å². The van der Waals surface area contributed by atoms with Gasteiger partial charge in [0.2, 0.25) is 0 Å². The van der Waals surface area contributed by atoms with Crippen LogP contribution in [0.2, 0.25) is 5.02 Å². The zero-order valence-electron chi connectivity index (χ0n) is 13.1. The second-order valence-electron chi connectivity index (χ2n) is 5.24. The highest BCUT2D eigenvalue weighted by Gasteiger charge is 2.08. The minimum atomic E-state index is 0.357. The summed E-state index contributed by atoms with van der Waals surface area (Å²) in [5.41, 5.74) is 1.98. The van der Waals surface area contributed by atoms with Crippen LogP contribution in [-0.4, -0.2) is 18.2 Å². The third kappa shape index (κ3) is 4.49. The molecule has 1 aromatic carbocycles. The molecule has 2 aromatic rings. The van der Waals surface area contributed by atoms with Crippen molar-refractivity contribution in [2.75, 3.05) is 7.05 Å². The van der Waals surface area contributed by atoms with Crippen molar-refractivity contribution < 1.29 is 4.52 Å². The Kier molecular flexibility index (Phi) is 5.83. The zero-order chi connectivity index (χ0) is 15.9. The summed E-state index contributed by atoms with van der Waals surface area (Å²) >= 11 is 6.13. The van der Waals surface area contributed by atoms with E-state index >= 15 is 0 Å². The van der Waals surface area contributed by atoms with Gasteiger partial charge in [-0.1, -0.05) is 48.8 Å². The van der Waals surface area contributed by atoms with Crippen molar-refractivity contribution in [2.24, 2.45) is 4.99 Å². The average Bonchev–Trinajstić information content (AvgIpc) is 2.98. The Morgan fingerprint density at radius 2 is 2.00 bits per heavy atom. The predicted molar refractivity (Wildman–Crippen MR) is 89.1 cm³/mol. The smallest absolute Gasteiger partial charge is 0.191 e. The van der Waals surface area contributed by atoms with Crippen LogP contribution in [0.4, 0.5) is 0 Å². The van der Waals surface area contributed by atoms with Crippen molar-refractivity contribution in [3.63, 3.8) is 0 Å². The molecule has 0 aliphatic heterocycles. The second kappa shape index (κ2) is 7.84. The Labute approximate surface area is 135 Å². The minimum Gasteiger partial charge on any atom is -0.359 e. The van der Waals surface area contributed by atoms with Crippen molar-refractivity contribution in [1.29, 1.82) is 0 Å². The fourth-order valence-corrected chi connectivity index (χ4v) is 2.10. The zero-order valence-corrected chi connectivity index (χ0v) is 13.8. The first-order chi connectivity index (χ1) is 10.6. The van der Waals surface area contributed by atoms with Crippen LogP contribution < -0.4 is 10.6 Å². The summed E-state index contributed by atoms with van der Waals surface area (Å²) in [6.07, 6.45) is 0. The number of rotatable bonds is 5. The molecule has 0 fully saturated rings. The van der Waals surface area contributed by atoms with E-state index in [0.717, 1.165) is 22.0 Å². The first-order valence-electron chi connectivity index (χ1n) is 7.23. The predicted octanol–water partition coefficient (Wildman–Crippen LogP) is 3.32. The van der Waals surface area contributed by atoms with Crippen LogP contribution >= 0.6 is 11.6 Å². The van der Waals surface area contributed by atoms with Crippen molar-refractivity contribution >= 4 is 17.6 Å². The number of nitrogens with zero attached hydrogens (tertiary/aromatic N) is 2. The summed E-state index contributed by atoms with van der Waals surface area (Å²) in [5, 5.41) is 11.2. The molecule has 0 amide bonds. The summed E-state index contributed by atoms with van der Waals surface area (Å²) in [4.78, 5) is 4.18. The Balaban J connectivity index is 1.86. The van der Waals surface area contributed by atoms with Crippen LogP contribution in [0.1, 0.15) is 36.8 Å². The maximum atomic E-state index is 6.13. The quantitative estimate of drug-likeness (QED) is 0.655. The number of halogens is 1. The molecule has 2 N–H and O–H groups in total. The van der Waals surface area contributed by atoms with E-state index in [1.54, 1.807) is 7.05 Å². The number of nitrogens with one attached hydrogen (secondary N) is 2. The van der Waals surface area contributed by atoms with Crippen LogP contribution in [0.15, 0.2) is 39.8 Å². The number of hydrogen-bond acceptors (Lipinski definition) is 3. The van der Waals surface area contributed by atoms with E-state index in [9.17, 15) is 0 Å². The first-order valence-corrected chi connectivity index (χ1v) is 7.61. The molecule has 2 rings (SSSR count). The standard InChI is InChI=1S/C16H21ClN4O/c1-11(2)15-8-13(22-21-15)10-20-16(18-3)19-9-12-6-4-5-7-14(12)17/h4-8,11H,9-10H2,1-3H3,(H2,18,19,20). The van der Waals surface area contributed by atoms with Crippen molar-refractivity contribution in [1.82, 2.24) is 15.8 Å². The molecule has 0 spiro atoms. The van der Waals surface area contributed by atoms with Crippen LogP contribution in [0.5, 0.6) is 0 Å². The van der Waals surface area contributed by atoms with Crippen LogP contribution in [0.25, 0.3) is 0 Å². The molecule has 5 nitrogen and oxygen atoms in total. The van der Waals surface area contributed by atoms with Gasteiger partial charge in [-0.3, -0.25) is 4.99 Å². The van der Waals surface area contributed by atoms with Gasteiger partial charge in [0.15, 0.2) is 11.7 Å². The van der Waals surface area contributed by atoms with Gasteiger partial charge in [0.1, 0.15) is 0 Å². The Morgan fingerprint density at radius 1 is 1.27 bits per heavy atom. The monoisotopic (exact) mass is 320 g/mol. The van der Waals surface area contributed by atoms with Crippen molar-refractivity contribution in [2.45, 2.75) is 32.9 Å². The molecule has 0 saturated heterocycles. The van der Waals surface area contributed by atoms with Gasteiger partial charge in [0.05, 0.1) is 12.2 Å². The highest BCUT2D eigenvalue weighted by molar-refractivity contribution is 6.31. The lowest BCUT2D eigenvalue weighted by Gasteiger charge is -2.11. The molecular formula is C16H21ClN4O. The first kappa shape index (κ1) is 16.4. The topological polar surface area (TPSA) is 62.5 Å². The molecule has 0 atom stereocenters. The maximum Gasteiger partial charge on any atom is 0.191 e. The minimum absolute atomic E-state index is 0.357. The fraction of sp³-hybridized carbons (Fsp3) is 0.375. The molecule has 0 bridgehead atoms. The summed E-state index contributed by atoms with van der Waals surface area (Å²) in [6, 6.07) is 9.68. The molecule has 0 aliphatic carbocycles. The number of benzene rings is 1. The Morgan fingerprint density at radius 3 is 2.64 bits per heavy atom. The van der Waals surface area contributed by atoms with E-state index in [-0.39, 0.29) is 0 Å². The largest absolute Gasteiger partial charge is 0.359 e. The lowest BCUT2D eigenvalue weighted by molar-refractivity contribution is 0.372. The molecule has 0 saturated carbocycles. The SMILES string of the molecule is CN=C(NCc1cc(C(C)C)no1)NCc1ccccc1Cl. The molecule has 1 aromatic heterocycles. The number of aliphatic imine (C=N–C) groups is 1. The third-order valence-electron chi connectivity index (χ3n) is 3.23. The summed E-state index contributed by atoms with van der Waals surface area (Å²) in [6.45, 7) is 5.30. The van der Waals surface area contributed by atoms with E-state index in [1.807, 2.05) is 30.3 Å². The summed E-state index contributed by atoms with van der Waals surface area (Å²) in [7, 11) is 1.72. The van der Waals surface area contributed by atoms with Crippen molar-refractivity contribution in [3.8, 4) is 0 Å². The Bertz CT molecular complexity index is 637. The van der Waals surface area contributed by atoms with Crippen LogP contribution in [0, 0.1) is 0 Å². The van der Waals surface area contributed by atoms with Crippen LogP contribution in [0.3, 0.4) is 0 Å². The van der Waals surface area contributed by atoms with Gasteiger partial charge in [-0.25, -0.2) is 0 Å². The summed E-state index contributed by atoms with van der Waals surface area (Å²) in [5.74, 6) is 1.82. The molecule has 0 aliphatic rings. The Hall–Kier alpha value is -2.01. The second-order valence-corrected chi connectivity index (χ2v) is 5.65. The normalized spacial score (nSPS) is 11.8. The molecule has 118 valence electrons. The fourth-order valence-electron chi connectivity index (χ4n) is 1.90. The van der Waals surface area contributed by atoms with Crippen LogP contribution in [-0.2, 0) is 13.1 Å². The van der Waals surface area contributed by atoms with Gasteiger partial charge in [0.25, 0.3) is 0 Å². The number of aromatic nitrogens is 1.